The van der Waals surface area contributed by atoms with Gasteiger partial charge in [-0.05, 0) is 55.9 Å². The van der Waals surface area contributed by atoms with E-state index in [0.717, 1.165) is 62.6 Å². The van der Waals surface area contributed by atoms with Crippen LogP contribution in [0, 0.1) is 6.92 Å². The number of carbonyl (C=O) groups excluding carboxylic acids is 1. The molecule has 0 saturated carbocycles. The molecule has 0 spiro atoms. The minimum Gasteiger partial charge on any atom is -0.369 e. The van der Waals surface area contributed by atoms with Crippen molar-refractivity contribution in [2.24, 2.45) is 0 Å². The van der Waals surface area contributed by atoms with E-state index in [1.54, 1.807) is 0 Å². The van der Waals surface area contributed by atoms with E-state index in [-0.39, 0.29) is 11.9 Å². The summed E-state index contributed by atoms with van der Waals surface area (Å²) >= 11 is 0. The van der Waals surface area contributed by atoms with Crippen LogP contribution in [0.5, 0.6) is 0 Å². The Labute approximate surface area is 181 Å². The van der Waals surface area contributed by atoms with Crippen LogP contribution in [0.1, 0.15) is 37.9 Å². The standard InChI is InChI=1S/C25H36N4O/c1-5-27-15-17-29(18-16-27)22-13-14-23(20(4)19-22)26-25(30)24(28(6-2)7-3)21-11-9-8-10-12-21/h8-14,19,24H,5-7,15-18H2,1-4H3,(H,26,30). The number of likely N-dealkylation sites (N-methyl/N-ethyl adjacent to an activating group) is 2. The van der Waals surface area contributed by atoms with Crippen molar-refractivity contribution in [2.75, 3.05) is 56.0 Å². The van der Waals surface area contributed by atoms with Crippen LogP contribution in [-0.4, -0.2) is 61.5 Å². The molecule has 5 heteroatoms. The van der Waals surface area contributed by atoms with Crippen LogP contribution in [0.3, 0.4) is 0 Å². The zero-order chi connectivity index (χ0) is 21.5. The smallest absolute Gasteiger partial charge is 0.246 e. The molecule has 1 fully saturated rings. The minimum atomic E-state index is -0.289. The van der Waals surface area contributed by atoms with Gasteiger partial charge in [0, 0.05) is 37.6 Å². The van der Waals surface area contributed by atoms with Crippen LogP contribution < -0.4 is 10.2 Å². The lowest BCUT2D eigenvalue weighted by atomic mass is 10.0. The van der Waals surface area contributed by atoms with Gasteiger partial charge in [-0.2, -0.15) is 0 Å². The summed E-state index contributed by atoms with van der Waals surface area (Å²) in [7, 11) is 0. The molecule has 0 aliphatic carbocycles. The molecule has 0 bridgehead atoms. The Morgan fingerprint density at radius 1 is 1.00 bits per heavy atom. The first-order valence-corrected chi connectivity index (χ1v) is 11.2. The zero-order valence-corrected chi connectivity index (χ0v) is 18.9. The zero-order valence-electron chi connectivity index (χ0n) is 18.9. The Kier molecular flexibility index (Phi) is 7.88. The molecule has 162 valence electrons. The Balaban J connectivity index is 1.75. The molecule has 1 N–H and O–H groups in total. The first-order valence-electron chi connectivity index (χ1n) is 11.2. The molecule has 0 radical (unpaired) electrons. The SMILES string of the molecule is CCN1CCN(c2ccc(NC(=O)C(c3ccccc3)N(CC)CC)c(C)c2)CC1. The molecule has 1 unspecified atom stereocenters. The van der Waals surface area contributed by atoms with Gasteiger partial charge in [-0.3, -0.25) is 9.69 Å². The molecule has 1 saturated heterocycles. The number of hydrogen-bond acceptors (Lipinski definition) is 4. The highest BCUT2D eigenvalue weighted by Gasteiger charge is 2.26. The summed E-state index contributed by atoms with van der Waals surface area (Å²) in [6, 6.07) is 16.2. The fourth-order valence-corrected chi connectivity index (χ4v) is 4.26. The van der Waals surface area contributed by atoms with Gasteiger partial charge in [0.2, 0.25) is 5.91 Å². The highest BCUT2D eigenvalue weighted by atomic mass is 16.2. The van der Waals surface area contributed by atoms with Gasteiger partial charge in [-0.15, -0.1) is 0 Å². The van der Waals surface area contributed by atoms with E-state index in [9.17, 15) is 4.79 Å². The maximum atomic E-state index is 13.3. The van der Waals surface area contributed by atoms with Crippen LogP contribution >= 0.6 is 0 Å². The third kappa shape index (κ3) is 5.21. The van der Waals surface area contributed by atoms with Gasteiger partial charge in [-0.25, -0.2) is 0 Å². The normalized spacial score (nSPS) is 16.0. The van der Waals surface area contributed by atoms with E-state index in [2.05, 4.69) is 65.9 Å². The highest BCUT2D eigenvalue weighted by Crippen LogP contribution is 2.27. The van der Waals surface area contributed by atoms with E-state index in [4.69, 9.17) is 0 Å². The number of nitrogens with one attached hydrogen (secondary N) is 1. The summed E-state index contributed by atoms with van der Waals surface area (Å²) in [4.78, 5) is 20.4. The lowest BCUT2D eigenvalue weighted by Crippen LogP contribution is -2.46. The number of nitrogens with zero attached hydrogens (tertiary/aromatic N) is 3. The van der Waals surface area contributed by atoms with Crippen LogP contribution in [0.15, 0.2) is 48.5 Å². The Bertz CT molecular complexity index is 811. The van der Waals surface area contributed by atoms with E-state index in [1.807, 2.05) is 30.3 Å². The molecule has 5 nitrogen and oxygen atoms in total. The van der Waals surface area contributed by atoms with Crippen molar-refractivity contribution >= 4 is 17.3 Å². The monoisotopic (exact) mass is 408 g/mol. The number of aryl methyl sites for hydroxylation is 1. The third-order valence-electron chi connectivity index (χ3n) is 6.19. The quantitative estimate of drug-likeness (QED) is 0.712. The van der Waals surface area contributed by atoms with E-state index in [0.29, 0.717) is 0 Å². The van der Waals surface area contributed by atoms with Gasteiger partial charge in [0.15, 0.2) is 0 Å². The summed E-state index contributed by atoms with van der Waals surface area (Å²) in [5, 5.41) is 3.20. The van der Waals surface area contributed by atoms with E-state index < -0.39 is 0 Å². The van der Waals surface area contributed by atoms with Crippen molar-refractivity contribution in [3.8, 4) is 0 Å². The van der Waals surface area contributed by atoms with E-state index in [1.165, 1.54) is 5.69 Å². The second-order valence-corrected chi connectivity index (χ2v) is 7.94. The fraction of sp³-hybridized carbons (Fsp3) is 0.480. The van der Waals surface area contributed by atoms with Gasteiger partial charge in [-0.1, -0.05) is 51.1 Å². The molecule has 30 heavy (non-hydrogen) atoms. The topological polar surface area (TPSA) is 38.8 Å². The average molecular weight is 409 g/mol. The molecule has 3 rings (SSSR count). The molecule has 2 aromatic rings. The predicted molar refractivity (Wildman–Crippen MR) is 126 cm³/mol. The maximum absolute atomic E-state index is 13.3. The van der Waals surface area contributed by atoms with Crippen molar-refractivity contribution in [1.29, 1.82) is 0 Å². The van der Waals surface area contributed by atoms with Crippen LogP contribution in [0.2, 0.25) is 0 Å². The van der Waals surface area contributed by atoms with Crippen LogP contribution in [0.25, 0.3) is 0 Å². The Morgan fingerprint density at radius 2 is 1.67 bits per heavy atom. The number of piperazine rings is 1. The molecule has 1 amide bonds. The Morgan fingerprint density at radius 3 is 2.23 bits per heavy atom. The molecule has 1 atom stereocenters. The number of rotatable bonds is 8. The molecule has 2 aromatic carbocycles. The summed E-state index contributed by atoms with van der Waals surface area (Å²) in [6.45, 7) is 15.6. The first-order chi connectivity index (χ1) is 14.6. The number of amides is 1. The van der Waals surface area contributed by atoms with Crippen LogP contribution in [0.4, 0.5) is 11.4 Å². The van der Waals surface area contributed by atoms with Gasteiger partial charge in [0.1, 0.15) is 6.04 Å². The molecular weight excluding hydrogens is 372 g/mol. The first kappa shape index (κ1) is 22.3. The van der Waals surface area contributed by atoms with Crippen molar-refractivity contribution in [2.45, 2.75) is 33.7 Å². The third-order valence-corrected chi connectivity index (χ3v) is 6.19. The van der Waals surface area contributed by atoms with Gasteiger partial charge < -0.3 is 15.1 Å². The minimum absolute atomic E-state index is 0.0253. The van der Waals surface area contributed by atoms with Gasteiger partial charge >= 0.3 is 0 Å². The fourth-order valence-electron chi connectivity index (χ4n) is 4.26. The van der Waals surface area contributed by atoms with Crippen molar-refractivity contribution in [3.05, 3.63) is 59.7 Å². The summed E-state index contributed by atoms with van der Waals surface area (Å²) < 4.78 is 0. The second kappa shape index (κ2) is 10.6. The predicted octanol–water partition coefficient (Wildman–Crippen LogP) is 4.16. The average Bonchev–Trinajstić information content (AvgIpc) is 2.79. The highest BCUT2D eigenvalue weighted by molar-refractivity contribution is 5.96. The van der Waals surface area contributed by atoms with Gasteiger partial charge in [0.05, 0.1) is 0 Å². The Hall–Kier alpha value is -2.37. The largest absolute Gasteiger partial charge is 0.369 e. The summed E-state index contributed by atoms with van der Waals surface area (Å²) in [6.07, 6.45) is 0. The van der Waals surface area contributed by atoms with Crippen molar-refractivity contribution in [3.63, 3.8) is 0 Å². The number of benzene rings is 2. The molecule has 0 aromatic heterocycles. The number of anilines is 2. The van der Waals surface area contributed by atoms with Crippen molar-refractivity contribution < 1.29 is 4.79 Å². The summed E-state index contributed by atoms with van der Waals surface area (Å²) in [5.74, 6) is 0.0253. The maximum Gasteiger partial charge on any atom is 0.246 e. The van der Waals surface area contributed by atoms with Crippen LogP contribution in [-0.2, 0) is 4.79 Å². The number of hydrogen-bond donors (Lipinski definition) is 1. The van der Waals surface area contributed by atoms with E-state index >= 15 is 0 Å². The number of carbonyl (C=O) groups is 1. The molecular formula is C25H36N4O. The lowest BCUT2D eigenvalue weighted by Gasteiger charge is -2.35. The molecule has 1 aliphatic rings. The summed E-state index contributed by atoms with van der Waals surface area (Å²) in [5.41, 5.74) is 4.26. The van der Waals surface area contributed by atoms with Crippen molar-refractivity contribution in [1.82, 2.24) is 9.80 Å². The molecule has 1 heterocycles. The van der Waals surface area contributed by atoms with Gasteiger partial charge in [0.25, 0.3) is 0 Å². The molecule has 1 aliphatic heterocycles. The second-order valence-electron chi connectivity index (χ2n) is 7.94. The lowest BCUT2D eigenvalue weighted by molar-refractivity contribution is -0.121.